The van der Waals surface area contributed by atoms with Crippen LogP contribution in [0.1, 0.15) is 19.4 Å². The van der Waals surface area contributed by atoms with E-state index in [0.29, 0.717) is 0 Å². The molecule has 0 aliphatic rings. The highest BCUT2D eigenvalue weighted by Crippen LogP contribution is 2.28. The third-order valence-electron chi connectivity index (χ3n) is 2.47. The fraction of sp³-hybridized carbons (Fsp3) is 0.429. The van der Waals surface area contributed by atoms with Gasteiger partial charge in [-0.15, -0.1) is 0 Å². The number of rotatable bonds is 6. The molecule has 0 unspecified atom stereocenters. The van der Waals surface area contributed by atoms with Crippen molar-refractivity contribution in [1.82, 2.24) is 5.32 Å². The maximum absolute atomic E-state index is 5.27. The van der Waals surface area contributed by atoms with Crippen LogP contribution < -0.4 is 14.8 Å². The molecule has 0 atom stereocenters. The van der Waals surface area contributed by atoms with Gasteiger partial charge in [0, 0.05) is 6.54 Å². The predicted molar refractivity (Wildman–Crippen MR) is 71.7 cm³/mol. The number of ether oxygens (including phenoxy) is 2. The van der Waals surface area contributed by atoms with Crippen LogP contribution in [0.4, 0.5) is 0 Å². The summed E-state index contributed by atoms with van der Waals surface area (Å²) in [7, 11) is 3.29. The van der Waals surface area contributed by atoms with Crippen molar-refractivity contribution in [2.75, 3.05) is 27.3 Å². The summed E-state index contributed by atoms with van der Waals surface area (Å²) in [5, 5.41) is 3.30. The Morgan fingerprint density at radius 2 is 1.94 bits per heavy atom. The van der Waals surface area contributed by atoms with E-state index in [1.807, 2.05) is 18.2 Å². The molecule has 0 amide bonds. The van der Waals surface area contributed by atoms with E-state index in [4.69, 9.17) is 9.47 Å². The van der Waals surface area contributed by atoms with Gasteiger partial charge in [-0.25, -0.2) is 0 Å². The first-order valence-corrected chi connectivity index (χ1v) is 5.81. The normalized spacial score (nSPS) is 11.4. The fourth-order valence-corrected chi connectivity index (χ4v) is 1.60. The van der Waals surface area contributed by atoms with Gasteiger partial charge in [-0.05, 0) is 31.2 Å². The van der Waals surface area contributed by atoms with Crippen molar-refractivity contribution in [2.24, 2.45) is 0 Å². The summed E-state index contributed by atoms with van der Waals surface area (Å²) in [6.45, 7) is 6.10. The van der Waals surface area contributed by atoms with Gasteiger partial charge >= 0.3 is 0 Å². The van der Waals surface area contributed by atoms with E-state index in [1.165, 1.54) is 5.57 Å². The molecule has 0 heterocycles. The molecule has 0 aromatic heterocycles. The van der Waals surface area contributed by atoms with Crippen molar-refractivity contribution < 1.29 is 9.47 Å². The smallest absolute Gasteiger partial charge is 0.161 e. The average Bonchev–Trinajstić information content (AvgIpc) is 2.36. The lowest BCUT2D eigenvalue weighted by atomic mass is 10.1. The molecule has 1 rings (SSSR count). The van der Waals surface area contributed by atoms with Crippen LogP contribution in [-0.2, 0) is 0 Å². The van der Waals surface area contributed by atoms with E-state index in [0.717, 1.165) is 30.2 Å². The van der Waals surface area contributed by atoms with Crippen LogP contribution in [0.3, 0.4) is 0 Å². The molecular weight excluding hydrogens is 214 g/mol. The van der Waals surface area contributed by atoms with Crippen LogP contribution in [0.5, 0.6) is 11.5 Å². The molecule has 0 fully saturated rings. The minimum atomic E-state index is 0.758. The average molecular weight is 235 g/mol. The Labute approximate surface area is 103 Å². The Hall–Kier alpha value is -1.48. The quantitative estimate of drug-likeness (QED) is 0.822. The van der Waals surface area contributed by atoms with Gasteiger partial charge in [-0.1, -0.05) is 24.6 Å². The van der Waals surface area contributed by atoms with E-state index in [2.05, 4.69) is 25.2 Å². The van der Waals surface area contributed by atoms with Crippen LogP contribution >= 0.6 is 0 Å². The number of hydrogen-bond acceptors (Lipinski definition) is 3. The Kier molecular flexibility index (Phi) is 5.57. The van der Waals surface area contributed by atoms with E-state index < -0.39 is 0 Å². The van der Waals surface area contributed by atoms with Gasteiger partial charge in [0.1, 0.15) is 0 Å². The fourth-order valence-electron chi connectivity index (χ4n) is 1.60. The second-order valence-corrected chi connectivity index (χ2v) is 3.89. The monoisotopic (exact) mass is 235 g/mol. The molecule has 1 N–H and O–H groups in total. The Morgan fingerprint density at radius 3 is 2.53 bits per heavy atom. The summed E-state index contributed by atoms with van der Waals surface area (Å²) < 4.78 is 10.5. The summed E-state index contributed by atoms with van der Waals surface area (Å²) in [5.74, 6) is 1.52. The second kappa shape index (κ2) is 6.97. The van der Waals surface area contributed by atoms with Crippen molar-refractivity contribution in [3.63, 3.8) is 0 Å². The molecule has 94 valence electrons. The maximum atomic E-state index is 5.27. The van der Waals surface area contributed by atoms with Crippen molar-refractivity contribution in [3.05, 3.63) is 29.3 Å². The summed E-state index contributed by atoms with van der Waals surface area (Å²) in [4.78, 5) is 0. The number of benzene rings is 1. The molecule has 1 aromatic rings. The summed E-state index contributed by atoms with van der Waals surface area (Å²) in [6.07, 6.45) is 2.14. The van der Waals surface area contributed by atoms with E-state index in [9.17, 15) is 0 Å². The summed E-state index contributed by atoms with van der Waals surface area (Å²) in [5.41, 5.74) is 2.41. The highest BCUT2D eigenvalue weighted by Gasteiger charge is 2.03. The Bertz CT molecular complexity index is 386. The van der Waals surface area contributed by atoms with Crippen molar-refractivity contribution in [3.8, 4) is 11.5 Å². The number of likely N-dealkylation sites (N-methyl/N-ethyl adjacent to an activating group) is 1. The van der Waals surface area contributed by atoms with Crippen LogP contribution in [0.25, 0.3) is 6.08 Å². The van der Waals surface area contributed by atoms with Gasteiger partial charge in [0.15, 0.2) is 11.5 Å². The first-order valence-electron chi connectivity index (χ1n) is 5.81. The van der Waals surface area contributed by atoms with E-state index in [-0.39, 0.29) is 0 Å². The van der Waals surface area contributed by atoms with Gasteiger partial charge < -0.3 is 14.8 Å². The SMILES string of the molecule is CCNCC(C)=Cc1ccc(OC)c(OC)c1. The first kappa shape index (κ1) is 13.6. The molecule has 3 heteroatoms. The van der Waals surface area contributed by atoms with Crippen LogP contribution in [0, 0.1) is 0 Å². The molecule has 0 radical (unpaired) electrons. The summed E-state index contributed by atoms with van der Waals surface area (Å²) in [6, 6.07) is 5.93. The van der Waals surface area contributed by atoms with Gasteiger partial charge in [-0.3, -0.25) is 0 Å². The number of hydrogen-bond donors (Lipinski definition) is 1. The predicted octanol–water partition coefficient (Wildman–Crippen LogP) is 2.72. The lowest BCUT2D eigenvalue weighted by molar-refractivity contribution is 0.355. The maximum Gasteiger partial charge on any atom is 0.161 e. The molecule has 1 aromatic carbocycles. The third kappa shape index (κ3) is 4.11. The zero-order valence-corrected chi connectivity index (χ0v) is 11.0. The van der Waals surface area contributed by atoms with Gasteiger partial charge in [0.25, 0.3) is 0 Å². The second-order valence-electron chi connectivity index (χ2n) is 3.89. The highest BCUT2D eigenvalue weighted by molar-refractivity contribution is 5.58. The van der Waals surface area contributed by atoms with Crippen LogP contribution in [0.2, 0.25) is 0 Å². The summed E-state index contributed by atoms with van der Waals surface area (Å²) >= 11 is 0. The van der Waals surface area contributed by atoms with Gasteiger partial charge in [-0.2, -0.15) is 0 Å². The molecule has 0 spiro atoms. The largest absolute Gasteiger partial charge is 0.493 e. The highest BCUT2D eigenvalue weighted by atomic mass is 16.5. The Balaban J connectivity index is 2.84. The first-order chi connectivity index (χ1) is 8.21. The topological polar surface area (TPSA) is 30.5 Å². The standard InChI is InChI=1S/C14H21NO2/c1-5-15-10-11(2)8-12-6-7-13(16-3)14(9-12)17-4/h6-9,15H,5,10H2,1-4H3. The molecular formula is C14H21NO2. The lowest BCUT2D eigenvalue weighted by Gasteiger charge is -2.08. The number of nitrogens with one attached hydrogen (secondary N) is 1. The van der Waals surface area contributed by atoms with Gasteiger partial charge in [0.2, 0.25) is 0 Å². The van der Waals surface area contributed by atoms with Gasteiger partial charge in [0.05, 0.1) is 14.2 Å². The number of methoxy groups -OCH3 is 2. The third-order valence-corrected chi connectivity index (χ3v) is 2.47. The van der Waals surface area contributed by atoms with Crippen molar-refractivity contribution in [2.45, 2.75) is 13.8 Å². The molecule has 0 aliphatic carbocycles. The zero-order valence-electron chi connectivity index (χ0n) is 11.0. The van der Waals surface area contributed by atoms with Crippen LogP contribution in [-0.4, -0.2) is 27.3 Å². The van der Waals surface area contributed by atoms with Crippen molar-refractivity contribution >= 4 is 6.08 Å². The minimum absolute atomic E-state index is 0.758. The molecule has 0 saturated heterocycles. The molecule has 0 aliphatic heterocycles. The van der Waals surface area contributed by atoms with Crippen LogP contribution in [0.15, 0.2) is 23.8 Å². The van der Waals surface area contributed by atoms with E-state index in [1.54, 1.807) is 14.2 Å². The van der Waals surface area contributed by atoms with E-state index >= 15 is 0 Å². The molecule has 0 bridgehead atoms. The minimum Gasteiger partial charge on any atom is -0.493 e. The van der Waals surface area contributed by atoms with Crippen molar-refractivity contribution in [1.29, 1.82) is 0 Å². The molecule has 0 saturated carbocycles. The molecule has 17 heavy (non-hydrogen) atoms. The molecule has 3 nitrogen and oxygen atoms in total. The lowest BCUT2D eigenvalue weighted by Crippen LogP contribution is -2.14. The zero-order chi connectivity index (χ0) is 12.7. The Morgan fingerprint density at radius 1 is 1.24 bits per heavy atom.